The maximum Gasteiger partial charge on any atom is 0.251 e. The number of likely N-dealkylation sites (tertiary alicyclic amines) is 1. The average molecular weight is 316 g/mol. The Bertz CT molecular complexity index is 538. The second-order valence-electron chi connectivity index (χ2n) is 6.69. The molecule has 1 aromatic rings. The number of hydrogen-bond acceptors (Lipinski definition) is 3. The molecule has 0 N–H and O–H groups in total. The van der Waals surface area contributed by atoms with Crippen LogP contribution in [-0.4, -0.2) is 49.7 Å². The first-order chi connectivity index (χ1) is 11.2. The van der Waals surface area contributed by atoms with Crippen LogP contribution >= 0.6 is 0 Å². The predicted octanol–water partition coefficient (Wildman–Crippen LogP) is 2.71. The monoisotopic (exact) mass is 316 g/mol. The summed E-state index contributed by atoms with van der Waals surface area (Å²) in [7, 11) is 0. The second kappa shape index (κ2) is 7.35. The number of fused-ring (bicyclic) bond motifs is 1. The van der Waals surface area contributed by atoms with E-state index in [2.05, 4.69) is 29.2 Å². The zero-order valence-electron chi connectivity index (χ0n) is 14.3. The fourth-order valence-electron chi connectivity index (χ4n) is 3.82. The van der Waals surface area contributed by atoms with Crippen LogP contribution < -0.4 is 4.90 Å². The third kappa shape index (κ3) is 3.69. The summed E-state index contributed by atoms with van der Waals surface area (Å²) in [5.41, 5.74) is 2.89. The molecule has 0 radical (unpaired) electrons. The molecule has 4 nitrogen and oxygen atoms in total. The summed E-state index contributed by atoms with van der Waals surface area (Å²) in [5.74, 6) is 0.837. The molecule has 1 atom stereocenters. The number of nitrogens with zero attached hydrogens (tertiary/aromatic N) is 2. The summed E-state index contributed by atoms with van der Waals surface area (Å²) in [4.78, 5) is 16.8. The number of piperidine rings is 1. The molecule has 0 aliphatic carbocycles. The summed E-state index contributed by atoms with van der Waals surface area (Å²) in [6.45, 7) is 8.40. The van der Waals surface area contributed by atoms with Crippen molar-refractivity contribution in [2.24, 2.45) is 5.92 Å². The lowest BCUT2D eigenvalue weighted by atomic mass is 9.95. The minimum Gasteiger partial charge on any atom is -0.371 e. The highest BCUT2D eigenvalue weighted by Gasteiger charge is 2.28. The number of anilines is 1. The summed E-state index contributed by atoms with van der Waals surface area (Å²) in [6, 6.07) is 8.75. The van der Waals surface area contributed by atoms with E-state index in [0.717, 1.165) is 39.0 Å². The van der Waals surface area contributed by atoms with Crippen LogP contribution in [0.1, 0.15) is 32.3 Å². The summed E-state index contributed by atoms with van der Waals surface area (Å²) in [6.07, 6.45) is 3.06. The zero-order chi connectivity index (χ0) is 16.2. The summed E-state index contributed by atoms with van der Waals surface area (Å²) >= 11 is 0. The Balaban J connectivity index is 1.50. The van der Waals surface area contributed by atoms with E-state index < -0.39 is 0 Å². The Morgan fingerprint density at radius 3 is 2.74 bits per heavy atom. The lowest BCUT2D eigenvalue weighted by Gasteiger charge is -2.35. The Morgan fingerprint density at radius 1 is 1.26 bits per heavy atom. The summed E-state index contributed by atoms with van der Waals surface area (Å²) in [5, 5.41) is 0. The van der Waals surface area contributed by atoms with Gasteiger partial charge < -0.3 is 14.5 Å². The van der Waals surface area contributed by atoms with Gasteiger partial charge in [0.1, 0.15) is 6.10 Å². The minimum atomic E-state index is -0.304. The van der Waals surface area contributed by atoms with Crippen molar-refractivity contribution in [3.63, 3.8) is 0 Å². The molecule has 3 rings (SSSR count). The van der Waals surface area contributed by atoms with E-state index in [1.165, 1.54) is 17.7 Å². The Hall–Kier alpha value is -1.55. The Labute approximate surface area is 139 Å². The maximum absolute atomic E-state index is 12.3. The average Bonchev–Trinajstić information content (AvgIpc) is 2.98. The first-order valence-electron chi connectivity index (χ1n) is 8.92. The molecule has 1 aromatic carbocycles. The van der Waals surface area contributed by atoms with E-state index in [0.29, 0.717) is 12.5 Å². The third-order valence-electron chi connectivity index (χ3n) is 5.15. The summed E-state index contributed by atoms with van der Waals surface area (Å²) < 4.78 is 5.43. The molecule has 1 amide bonds. The van der Waals surface area contributed by atoms with Gasteiger partial charge >= 0.3 is 0 Å². The molecular weight excluding hydrogens is 288 g/mol. The zero-order valence-corrected chi connectivity index (χ0v) is 14.3. The fraction of sp³-hybridized carbons (Fsp3) is 0.632. The van der Waals surface area contributed by atoms with E-state index in [9.17, 15) is 4.79 Å². The van der Waals surface area contributed by atoms with E-state index >= 15 is 0 Å². The van der Waals surface area contributed by atoms with Crippen LogP contribution in [-0.2, 0) is 16.0 Å². The van der Waals surface area contributed by atoms with Crippen molar-refractivity contribution in [1.29, 1.82) is 0 Å². The van der Waals surface area contributed by atoms with Crippen molar-refractivity contribution >= 4 is 11.6 Å². The SMILES string of the molecule is CCO[C@@H](C)C(=O)N1CCC(CN2CCc3ccccc32)CC1. The largest absolute Gasteiger partial charge is 0.371 e. The van der Waals surface area contributed by atoms with Gasteiger partial charge in [0, 0.05) is 38.5 Å². The van der Waals surface area contributed by atoms with Crippen molar-refractivity contribution in [3.05, 3.63) is 29.8 Å². The van der Waals surface area contributed by atoms with Gasteiger partial charge in [-0.3, -0.25) is 4.79 Å². The molecule has 1 fully saturated rings. The molecule has 1 saturated heterocycles. The quantitative estimate of drug-likeness (QED) is 0.837. The van der Waals surface area contributed by atoms with E-state index in [-0.39, 0.29) is 12.0 Å². The Kier molecular flexibility index (Phi) is 5.21. The highest BCUT2D eigenvalue weighted by Crippen LogP contribution is 2.30. The van der Waals surface area contributed by atoms with Crippen LogP contribution in [0.3, 0.4) is 0 Å². The maximum atomic E-state index is 12.3. The van der Waals surface area contributed by atoms with E-state index in [1.54, 1.807) is 0 Å². The van der Waals surface area contributed by atoms with Gasteiger partial charge in [0.2, 0.25) is 0 Å². The van der Waals surface area contributed by atoms with Crippen LogP contribution in [0.5, 0.6) is 0 Å². The van der Waals surface area contributed by atoms with Crippen molar-refractivity contribution < 1.29 is 9.53 Å². The number of benzene rings is 1. The van der Waals surface area contributed by atoms with Gasteiger partial charge in [-0.2, -0.15) is 0 Å². The second-order valence-corrected chi connectivity index (χ2v) is 6.69. The lowest BCUT2D eigenvalue weighted by molar-refractivity contribution is -0.143. The normalized spacial score (nSPS) is 19.7. The minimum absolute atomic E-state index is 0.150. The van der Waals surface area contributed by atoms with Crippen molar-refractivity contribution in [2.75, 3.05) is 37.7 Å². The van der Waals surface area contributed by atoms with Crippen molar-refractivity contribution in [2.45, 2.75) is 39.2 Å². The highest BCUT2D eigenvalue weighted by molar-refractivity contribution is 5.80. The molecule has 2 aliphatic heterocycles. The molecule has 23 heavy (non-hydrogen) atoms. The van der Waals surface area contributed by atoms with E-state index in [1.807, 2.05) is 18.7 Å². The molecule has 0 spiro atoms. The molecule has 0 aromatic heterocycles. The van der Waals surface area contributed by atoms with Crippen LogP contribution in [0, 0.1) is 5.92 Å². The van der Waals surface area contributed by atoms with Crippen LogP contribution in [0.2, 0.25) is 0 Å². The van der Waals surface area contributed by atoms with Crippen LogP contribution in [0.15, 0.2) is 24.3 Å². The van der Waals surface area contributed by atoms with Gasteiger partial charge in [0.05, 0.1) is 0 Å². The molecular formula is C19H28N2O2. The van der Waals surface area contributed by atoms with Crippen molar-refractivity contribution in [3.8, 4) is 0 Å². The molecule has 2 heterocycles. The first-order valence-corrected chi connectivity index (χ1v) is 8.92. The molecule has 0 saturated carbocycles. The number of hydrogen-bond donors (Lipinski definition) is 0. The fourth-order valence-corrected chi connectivity index (χ4v) is 3.82. The molecule has 126 valence electrons. The molecule has 0 bridgehead atoms. The molecule has 0 unspecified atom stereocenters. The highest BCUT2D eigenvalue weighted by atomic mass is 16.5. The predicted molar refractivity (Wildman–Crippen MR) is 92.8 cm³/mol. The van der Waals surface area contributed by atoms with Gasteiger partial charge in [-0.15, -0.1) is 0 Å². The van der Waals surface area contributed by atoms with Crippen LogP contribution in [0.4, 0.5) is 5.69 Å². The number of para-hydroxylation sites is 1. The van der Waals surface area contributed by atoms with Crippen molar-refractivity contribution in [1.82, 2.24) is 4.90 Å². The number of carbonyl (C=O) groups is 1. The third-order valence-corrected chi connectivity index (χ3v) is 5.15. The van der Waals surface area contributed by atoms with Gasteiger partial charge in [-0.25, -0.2) is 0 Å². The smallest absolute Gasteiger partial charge is 0.251 e. The molecule has 4 heteroatoms. The number of amides is 1. The number of rotatable bonds is 5. The Morgan fingerprint density at radius 2 is 2.00 bits per heavy atom. The lowest BCUT2D eigenvalue weighted by Crippen LogP contribution is -2.45. The number of carbonyl (C=O) groups excluding carboxylic acids is 1. The topological polar surface area (TPSA) is 32.8 Å². The van der Waals surface area contributed by atoms with Crippen LogP contribution in [0.25, 0.3) is 0 Å². The van der Waals surface area contributed by atoms with Gasteiger partial charge in [0.15, 0.2) is 0 Å². The number of ether oxygens (including phenoxy) is 1. The van der Waals surface area contributed by atoms with Gasteiger partial charge in [-0.1, -0.05) is 18.2 Å². The van der Waals surface area contributed by atoms with Gasteiger partial charge in [0.25, 0.3) is 5.91 Å². The standard InChI is InChI=1S/C19H28N2O2/c1-3-23-15(2)19(22)20-11-8-16(9-12-20)14-21-13-10-17-6-4-5-7-18(17)21/h4-7,15-16H,3,8-14H2,1-2H3/t15-/m0/s1. The molecule has 2 aliphatic rings. The van der Waals surface area contributed by atoms with Gasteiger partial charge in [-0.05, 0) is 50.7 Å². The van der Waals surface area contributed by atoms with E-state index in [4.69, 9.17) is 4.74 Å². The first kappa shape index (κ1) is 16.3.